The number of allylic oxidation sites excluding steroid dienone is 1. The van der Waals surface area contributed by atoms with Crippen LogP contribution in [0.2, 0.25) is 5.15 Å². The Morgan fingerprint density at radius 1 is 1.25 bits per heavy atom. The first-order valence-electron chi connectivity index (χ1n) is 10.6. The summed E-state index contributed by atoms with van der Waals surface area (Å²) < 4.78 is 1.80. The van der Waals surface area contributed by atoms with Crippen molar-refractivity contribution < 1.29 is 4.79 Å². The number of nitrogens with zero attached hydrogens (tertiary/aromatic N) is 4. The van der Waals surface area contributed by atoms with Crippen LogP contribution >= 0.6 is 11.6 Å². The molecule has 9 nitrogen and oxygen atoms in total. The number of carbonyl (C=O) groups is 1. The van der Waals surface area contributed by atoms with Gasteiger partial charge in [-0.1, -0.05) is 38.4 Å². The van der Waals surface area contributed by atoms with Gasteiger partial charge in [0, 0.05) is 23.7 Å². The third-order valence-electron chi connectivity index (χ3n) is 4.74. The van der Waals surface area contributed by atoms with Gasteiger partial charge in [0.15, 0.2) is 5.65 Å². The van der Waals surface area contributed by atoms with Gasteiger partial charge in [-0.3, -0.25) is 10.9 Å². The van der Waals surface area contributed by atoms with E-state index in [0.717, 1.165) is 35.3 Å². The maximum absolute atomic E-state index is 12.5. The summed E-state index contributed by atoms with van der Waals surface area (Å²) >= 11 is 6.07. The number of aryl methyl sites for hydroxylation is 1. The highest BCUT2D eigenvalue weighted by Crippen LogP contribution is 2.29. The number of carbonyl (C=O) groups excluding carboxylic acids is 1. The lowest BCUT2D eigenvalue weighted by atomic mass is 10.00. The molecule has 0 aliphatic heterocycles. The fraction of sp³-hybridized carbons (Fsp3) is 0.364. The summed E-state index contributed by atoms with van der Waals surface area (Å²) in [4.78, 5) is 21.3. The lowest BCUT2D eigenvalue weighted by molar-refractivity contribution is 0.254. The van der Waals surface area contributed by atoms with E-state index in [-0.39, 0.29) is 11.1 Å². The van der Waals surface area contributed by atoms with E-state index in [9.17, 15) is 4.79 Å². The molecule has 3 aromatic heterocycles. The molecular formula is C22H29ClN8O. The number of hydrazine groups is 1. The lowest BCUT2D eigenvalue weighted by Crippen LogP contribution is -2.34. The highest BCUT2D eigenvalue weighted by atomic mass is 35.5. The van der Waals surface area contributed by atoms with E-state index in [0.29, 0.717) is 23.9 Å². The zero-order valence-corrected chi connectivity index (χ0v) is 19.5. The number of fused-ring (bicyclic) bond motifs is 1. The predicted molar refractivity (Wildman–Crippen MR) is 130 cm³/mol. The fourth-order valence-electron chi connectivity index (χ4n) is 3.35. The van der Waals surface area contributed by atoms with Gasteiger partial charge >= 0.3 is 6.03 Å². The minimum Gasteiger partial charge on any atom is -0.370 e. The molecule has 0 bridgehead atoms. The average molecular weight is 457 g/mol. The van der Waals surface area contributed by atoms with Gasteiger partial charge < -0.3 is 10.6 Å². The summed E-state index contributed by atoms with van der Waals surface area (Å²) in [5.74, 6) is 1.37. The summed E-state index contributed by atoms with van der Waals surface area (Å²) in [6, 6.07) is 4.77. The average Bonchev–Trinajstić information content (AvgIpc) is 3.05. The van der Waals surface area contributed by atoms with Crippen molar-refractivity contribution in [1.29, 1.82) is 0 Å². The second-order valence-corrected chi connectivity index (χ2v) is 8.09. The molecule has 0 fully saturated rings. The van der Waals surface area contributed by atoms with Crippen LogP contribution in [0.15, 0.2) is 30.9 Å². The van der Waals surface area contributed by atoms with Gasteiger partial charge in [-0.2, -0.15) is 5.10 Å². The Balaban J connectivity index is 1.77. The molecule has 0 spiro atoms. The van der Waals surface area contributed by atoms with Crippen molar-refractivity contribution in [3.8, 4) is 0 Å². The topological polar surface area (TPSA) is 109 Å². The van der Waals surface area contributed by atoms with Gasteiger partial charge in [-0.15, -0.1) is 6.58 Å². The van der Waals surface area contributed by atoms with E-state index in [2.05, 4.69) is 63.9 Å². The van der Waals surface area contributed by atoms with Gasteiger partial charge in [-0.05, 0) is 37.0 Å². The van der Waals surface area contributed by atoms with E-state index in [4.69, 9.17) is 11.6 Å². The second kappa shape index (κ2) is 10.3. The predicted octanol–water partition coefficient (Wildman–Crippen LogP) is 5.07. The SMILES string of the molecule is C=CCn1nc(C)c2c(C(C)C)cc(NNC(=O)Nc3cc(Cl)nc(NCCC)c3)nc21. The highest BCUT2D eigenvalue weighted by Gasteiger charge is 2.17. The number of hydrogen-bond acceptors (Lipinski definition) is 6. The summed E-state index contributed by atoms with van der Waals surface area (Å²) in [5, 5.41) is 11.8. The molecule has 10 heteroatoms. The van der Waals surface area contributed by atoms with Crippen LogP contribution < -0.4 is 21.5 Å². The van der Waals surface area contributed by atoms with Crippen LogP contribution in [0.5, 0.6) is 0 Å². The van der Waals surface area contributed by atoms with Crippen LogP contribution in [0, 0.1) is 6.92 Å². The lowest BCUT2D eigenvalue weighted by Gasteiger charge is -2.14. The summed E-state index contributed by atoms with van der Waals surface area (Å²) in [7, 11) is 0. The zero-order chi connectivity index (χ0) is 23.3. The van der Waals surface area contributed by atoms with Crippen LogP contribution in [-0.2, 0) is 6.54 Å². The molecule has 0 saturated carbocycles. The van der Waals surface area contributed by atoms with E-state index in [1.807, 2.05) is 13.0 Å². The normalized spacial score (nSPS) is 10.9. The van der Waals surface area contributed by atoms with Crippen molar-refractivity contribution in [2.75, 3.05) is 22.6 Å². The van der Waals surface area contributed by atoms with Crippen molar-refractivity contribution >= 4 is 46.0 Å². The standard InChI is InChI=1S/C22H29ClN8O/c1-6-8-24-18-11-15(10-17(23)26-18)25-22(32)29-28-19-12-16(13(3)4)20-14(5)30-31(9-7-2)21(20)27-19/h7,10-13H,2,6,8-9H2,1,3-5H3,(H,27,28)(H3,24,25,26,29,32). The van der Waals surface area contributed by atoms with Gasteiger partial charge in [0.05, 0.1) is 12.2 Å². The highest BCUT2D eigenvalue weighted by molar-refractivity contribution is 6.29. The van der Waals surface area contributed by atoms with Crippen LogP contribution in [0.4, 0.5) is 22.1 Å². The minimum atomic E-state index is -0.461. The van der Waals surface area contributed by atoms with E-state index < -0.39 is 6.03 Å². The molecule has 0 atom stereocenters. The Labute approximate surface area is 192 Å². The number of urea groups is 1. The van der Waals surface area contributed by atoms with Gasteiger partial charge in [0.2, 0.25) is 0 Å². The molecule has 0 aliphatic carbocycles. The number of hydrogen-bond donors (Lipinski definition) is 4. The summed E-state index contributed by atoms with van der Waals surface area (Å²) in [6.07, 6.45) is 2.72. The van der Waals surface area contributed by atoms with E-state index in [1.165, 1.54) is 0 Å². The molecule has 3 aromatic rings. The molecule has 0 radical (unpaired) electrons. The maximum atomic E-state index is 12.5. The van der Waals surface area contributed by atoms with E-state index in [1.54, 1.807) is 22.9 Å². The number of rotatable bonds is 9. The Morgan fingerprint density at radius 3 is 2.72 bits per heavy atom. The molecular weight excluding hydrogens is 428 g/mol. The number of amides is 2. The number of halogens is 1. The van der Waals surface area contributed by atoms with Crippen LogP contribution in [0.25, 0.3) is 11.0 Å². The molecule has 3 rings (SSSR count). The molecule has 170 valence electrons. The maximum Gasteiger partial charge on any atom is 0.337 e. The van der Waals surface area contributed by atoms with Crippen molar-refractivity contribution in [1.82, 2.24) is 25.2 Å². The second-order valence-electron chi connectivity index (χ2n) is 7.70. The van der Waals surface area contributed by atoms with Gasteiger partial charge in [0.25, 0.3) is 0 Å². The molecule has 0 unspecified atom stereocenters. The molecule has 0 aliphatic rings. The third-order valence-corrected chi connectivity index (χ3v) is 4.94. The smallest absolute Gasteiger partial charge is 0.337 e. The first kappa shape index (κ1) is 23.3. The Morgan fingerprint density at radius 2 is 2.03 bits per heavy atom. The first-order chi connectivity index (χ1) is 15.3. The fourth-order valence-corrected chi connectivity index (χ4v) is 3.56. The quantitative estimate of drug-likeness (QED) is 0.203. The van der Waals surface area contributed by atoms with E-state index >= 15 is 0 Å². The molecule has 2 amide bonds. The summed E-state index contributed by atoms with van der Waals surface area (Å²) in [6.45, 7) is 13.3. The van der Waals surface area contributed by atoms with Gasteiger partial charge in [-0.25, -0.2) is 19.4 Å². The van der Waals surface area contributed by atoms with Crippen LogP contribution in [0.1, 0.15) is 44.4 Å². The first-order valence-corrected chi connectivity index (χ1v) is 10.9. The Kier molecular flexibility index (Phi) is 7.53. The van der Waals surface area contributed by atoms with Crippen molar-refractivity contribution in [3.05, 3.63) is 47.3 Å². The number of aromatic nitrogens is 4. The largest absolute Gasteiger partial charge is 0.370 e. The number of anilines is 3. The molecule has 32 heavy (non-hydrogen) atoms. The molecule has 3 heterocycles. The Bertz CT molecular complexity index is 1120. The zero-order valence-electron chi connectivity index (χ0n) is 18.8. The number of nitrogens with one attached hydrogen (secondary N) is 4. The third kappa shape index (κ3) is 5.47. The molecule has 0 aromatic carbocycles. The molecule has 4 N–H and O–H groups in total. The summed E-state index contributed by atoms with van der Waals surface area (Å²) in [5.41, 5.74) is 8.79. The van der Waals surface area contributed by atoms with Crippen LogP contribution in [-0.4, -0.2) is 32.3 Å². The van der Waals surface area contributed by atoms with Crippen molar-refractivity contribution in [2.24, 2.45) is 0 Å². The van der Waals surface area contributed by atoms with Crippen molar-refractivity contribution in [3.63, 3.8) is 0 Å². The minimum absolute atomic E-state index is 0.253. The monoisotopic (exact) mass is 456 g/mol. The van der Waals surface area contributed by atoms with Gasteiger partial charge in [0.1, 0.15) is 16.8 Å². The van der Waals surface area contributed by atoms with Crippen molar-refractivity contribution in [2.45, 2.75) is 46.6 Å². The number of pyridine rings is 2. The van der Waals surface area contributed by atoms with Crippen LogP contribution in [0.3, 0.4) is 0 Å². The Hall–Kier alpha value is -3.33. The molecule has 0 saturated heterocycles.